The second-order valence-corrected chi connectivity index (χ2v) is 7.10. The smallest absolute Gasteiger partial charge is 0.321 e. The van der Waals surface area contributed by atoms with Crippen molar-refractivity contribution in [3.63, 3.8) is 0 Å². The molecule has 0 saturated carbocycles. The Balaban J connectivity index is 1.62. The van der Waals surface area contributed by atoms with Crippen molar-refractivity contribution < 1.29 is 4.79 Å². The van der Waals surface area contributed by atoms with E-state index in [1.807, 2.05) is 29.2 Å². The van der Waals surface area contributed by atoms with Gasteiger partial charge in [-0.25, -0.2) is 4.79 Å². The maximum absolute atomic E-state index is 12.7. The van der Waals surface area contributed by atoms with E-state index in [2.05, 4.69) is 29.9 Å². The average molecular weight is 327 g/mol. The van der Waals surface area contributed by atoms with Crippen LogP contribution >= 0.6 is 0 Å². The number of carbonyl (C=O) groups is 1. The number of carbonyl (C=O) groups excluding carboxylic acids is 1. The van der Waals surface area contributed by atoms with Gasteiger partial charge in [0, 0.05) is 24.8 Å². The number of para-hydroxylation sites is 1. The molecule has 2 aliphatic heterocycles. The van der Waals surface area contributed by atoms with Gasteiger partial charge in [-0.15, -0.1) is 6.58 Å². The van der Waals surface area contributed by atoms with Crippen LogP contribution in [0.15, 0.2) is 36.9 Å². The second kappa shape index (κ2) is 7.84. The van der Waals surface area contributed by atoms with E-state index in [-0.39, 0.29) is 6.03 Å². The molecule has 2 saturated heterocycles. The molecule has 0 radical (unpaired) electrons. The maximum Gasteiger partial charge on any atom is 0.321 e. The molecule has 0 aliphatic carbocycles. The molecule has 2 atom stereocenters. The SMILES string of the molecule is C=CCCc1ccccc1NC(=O)N1CC[C@H]2[C@H](CCCN2C)C1. The molecule has 0 bridgehead atoms. The van der Waals surface area contributed by atoms with Gasteiger partial charge < -0.3 is 15.1 Å². The molecule has 2 amide bonds. The van der Waals surface area contributed by atoms with E-state index in [9.17, 15) is 4.79 Å². The number of benzene rings is 1. The summed E-state index contributed by atoms with van der Waals surface area (Å²) in [5.74, 6) is 0.624. The lowest BCUT2D eigenvalue weighted by Crippen LogP contribution is -2.54. The molecule has 130 valence electrons. The third-order valence-electron chi connectivity index (χ3n) is 5.51. The molecule has 1 aromatic carbocycles. The van der Waals surface area contributed by atoms with E-state index >= 15 is 0 Å². The zero-order valence-corrected chi connectivity index (χ0v) is 14.7. The van der Waals surface area contributed by atoms with E-state index in [1.165, 1.54) is 24.9 Å². The number of amides is 2. The number of anilines is 1. The van der Waals surface area contributed by atoms with Gasteiger partial charge in [-0.2, -0.15) is 0 Å². The Morgan fingerprint density at radius 2 is 2.17 bits per heavy atom. The third-order valence-corrected chi connectivity index (χ3v) is 5.51. The Labute approximate surface area is 145 Å². The summed E-state index contributed by atoms with van der Waals surface area (Å²) in [5.41, 5.74) is 2.12. The first-order chi connectivity index (χ1) is 11.7. The van der Waals surface area contributed by atoms with Gasteiger partial charge in [-0.05, 0) is 63.2 Å². The van der Waals surface area contributed by atoms with Crippen LogP contribution in [0, 0.1) is 5.92 Å². The number of fused-ring (bicyclic) bond motifs is 1. The van der Waals surface area contributed by atoms with Gasteiger partial charge in [0.25, 0.3) is 0 Å². The van der Waals surface area contributed by atoms with Crippen molar-refractivity contribution >= 4 is 11.7 Å². The zero-order chi connectivity index (χ0) is 16.9. The van der Waals surface area contributed by atoms with Crippen LogP contribution < -0.4 is 5.32 Å². The van der Waals surface area contributed by atoms with Gasteiger partial charge in [0.05, 0.1) is 0 Å². The van der Waals surface area contributed by atoms with Crippen molar-refractivity contribution in [1.82, 2.24) is 9.80 Å². The molecular formula is C20H29N3O. The number of aryl methyl sites for hydroxylation is 1. The van der Waals surface area contributed by atoms with Crippen molar-refractivity contribution in [2.45, 2.75) is 38.1 Å². The largest absolute Gasteiger partial charge is 0.324 e. The quantitative estimate of drug-likeness (QED) is 0.855. The highest BCUT2D eigenvalue weighted by atomic mass is 16.2. The van der Waals surface area contributed by atoms with Crippen LogP contribution in [0.1, 0.15) is 31.2 Å². The van der Waals surface area contributed by atoms with Crippen molar-refractivity contribution in [3.8, 4) is 0 Å². The standard InChI is InChI=1S/C20H29N3O/c1-3-4-8-16-9-5-6-11-18(16)21-20(24)23-14-12-19-17(15-23)10-7-13-22(19)2/h3,5-6,9,11,17,19H,1,4,7-8,10,12-15H2,2H3,(H,21,24)/t17-,19+/m1/s1. The van der Waals surface area contributed by atoms with Crippen molar-refractivity contribution in [1.29, 1.82) is 0 Å². The molecule has 2 fully saturated rings. The first-order valence-corrected chi connectivity index (χ1v) is 9.14. The Bertz CT molecular complexity index is 586. The lowest BCUT2D eigenvalue weighted by atomic mass is 9.84. The Morgan fingerprint density at radius 1 is 1.33 bits per heavy atom. The fraction of sp³-hybridized carbons (Fsp3) is 0.550. The summed E-state index contributed by atoms with van der Waals surface area (Å²) >= 11 is 0. The lowest BCUT2D eigenvalue weighted by Gasteiger charge is -2.45. The van der Waals surface area contributed by atoms with Crippen LogP contribution in [0.5, 0.6) is 0 Å². The number of allylic oxidation sites excluding steroid dienone is 1. The monoisotopic (exact) mass is 327 g/mol. The minimum Gasteiger partial charge on any atom is -0.324 e. The summed E-state index contributed by atoms with van der Waals surface area (Å²) in [5, 5.41) is 3.13. The number of hydrogen-bond donors (Lipinski definition) is 1. The van der Waals surface area contributed by atoms with Gasteiger partial charge in [0.15, 0.2) is 0 Å². The molecular weight excluding hydrogens is 298 g/mol. The normalized spacial score (nSPS) is 24.3. The molecule has 24 heavy (non-hydrogen) atoms. The topological polar surface area (TPSA) is 35.6 Å². The van der Waals surface area contributed by atoms with Gasteiger partial charge in [0.1, 0.15) is 0 Å². The Morgan fingerprint density at radius 3 is 3.00 bits per heavy atom. The van der Waals surface area contributed by atoms with E-state index in [0.29, 0.717) is 12.0 Å². The van der Waals surface area contributed by atoms with Gasteiger partial charge in [-0.3, -0.25) is 0 Å². The van der Waals surface area contributed by atoms with Gasteiger partial charge >= 0.3 is 6.03 Å². The van der Waals surface area contributed by atoms with Crippen LogP contribution in [0.3, 0.4) is 0 Å². The fourth-order valence-corrected chi connectivity index (χ4v) is 4.15. The van der Waals surface area contributed by atoms with Crippen LogP contribution in [0.4, 0.5) is 10.5 Å². The van der Waals surface area contributed by atoms with Crippen LogP contribution in [0.2, 0.25) is 0 Å². The van der Waals surface area contributed by atoms with Gasteiger partial charge in [0.2, 0.25) is 0 Å². The molecule has 3 rings (SSSR count). The summed E-state index contributed by atoms with van der Waals surface area (Å²) in [7, 11) is 2.22. The second-order valence-electron chi connectivity index (χ2n) is 7.10. The van der Waals surface area contributed by atoms with Crippen molar-refractivity contribution in [2.24, 2.45) is 5.92 Å². The molecule has 0 unspecified atom stereocenters. The predicted octanol–water partition coefficient (Wildman–Crippen LogP) is 3.75. The number of nitrogens with one attached hydrogen (secondary N) is 1. The number of hydrogen-bond acceptors (Lipinski definition) is 2. The highest BCUT2D eigenvalue weighted by molar-refractivity contribution is 5.90. The third kappa shape index (κ3) is 3.81. The van der Waals surface area contributed by atoms with E-state index in [0.717, 1.165) is 38.0 Å². The van der Waals surface area contributed by atoms with E-state index in [4.69, 9.17) is 0 Å². The minimum atomic E-state index is 0.0488. The number of urea groups is 1. The highest BCUT2D eigenvalue weighted by Gasteiger charge is 2.35. The molecule has 4 heteroatoms. The molecule has 0 aromatic heterocycles. The predicted molar refractivity (Wildman–Crippen MR) is 99.3 cm³/mol. The molecule has 2 heterocycles. The summed E-state index contributed by atoms with van der Waals surface area (Å²) in [6, 6.07) is 8.79. The minimum absolute atomic E-state index is 0.0488. The number of likely N-dealkylation sites (tertiary alicyclic amines) is 2. The zero-order valence-electron chi connectivity index (χ0n) is 14.7. The number of piperidine rings is 2. The summed E-state index contributed by atoms with van der Waals surface area (Å²) in [6.07, 6.45) is 7.34. The summed E-state index contributed by atoms with van der Waals surface area (Å²) < 4.78 is 0. The summed E-state index contributed by atoms with van der Waals surface area (Å²) in [6.45, 7) is 6.72. The summed E-state index contributed by atoms with van der Waals surface area (Å²) in [4.78, 5) is 17.2. The molecule has 0 spiro atoms. The first-order valence-electron chi connectivity index (χ1n) is 9.14. The average Bonchev–Trinajstić information content (AvgIpc) is 2.61. The molecule has 1 N–H and O–H groups in total. The van der Waals surface area contributed by atoms with Gasteiger partial charge in [-0.1, -0.05) is 24.3 Å². The van der Waals surface area contributed by atoms with Crippen molar-refractivity contribution in [2.75, 3.05) is 32.0 Å². The van der Waals surface area contributed by atoms with Crippen molar-refractivity contribution in [3.05, 3.63) is 42.5 Å². The number of nitrogens with zero attached hydrogens (tertiary/aromatic N) is 2. The fourth-order valence-electron chi connectivity index (χ4n) is 4.15. The first kappa shape index (κ1) is 17.0. The molecule has 2 aliphatic rings. The van der Waals surface area contributed by atoms with E-state index in [1.54, 1.807) is 0 Å². The maximum atomic E-state index is 12.7. The Kier molecular flexibility index (Phi) is 5.56. The van der Waals surface area contributed by atoms with Crippen LogP contribution in [-0.2, 0) is 6.42 Å². The van der Waals surface area contributed by atoms with Crippen LogP contribution in [0.25, 0.3) is 0 Å². The Hall–Kier alpha value is -1.81. The van der Waals surface area contributed by atoms with E-state index < -0.39 is 0 Å². The highest BCUT2D eigenvalue weighted by Crippen LogP contribution is 2.30. The molecule has 4 nitrogen and oxygen atoms in total. The lowest BCUT2D eigenvalue weighted by molar-refractivity contribution is 0.0542. The molecule has 1 aromatic rings. The van der Waals surface area contributed by atoms with Crippen LogP contribution in [-0.4, -0.2) is 48.6 Å². The number of rotatable bonds is 4.